The van der Waals surface area contributed by atoms with Crippen molar-refractivity contribution < 1.29 is 5.11 Å². The van der Waals surface area contributed by atoms with Gasteiger partial charge in [-0.25, -0.2) is 0 Å². The lowest BCUT2D eigenvalue weighted by atomic mass is 10.8. The first-order chi connectivity index (χ1) is 4.20. The minimum atomic E-state index is -0.364. The standard InChI is InChI=1S/C5H4ClNO2/c6-3-2-7-5(9)1-4(3)8/h1-2H,(H2,7,8,9)/i2+1,3+1,4+1. The molecular formula is C5H4ClNO2. The molecule has 0 aliphatic heterocycles. The van der Waals surface area contributed by atoms with Gasteiger partial charge in [0, 0.05) is 12.3 Å². The summed E-state index contributed by atoms with van der Waals surface area (Å²) in [5, 5.41) is 8.90. The molecule has 0 aliphatic rings. The summed E-state index contributed by atoms with van der Waals surface area (Å²) >= 11 is 5.36. The summed E-state index contributed by atoms with van der Waals surface area (Å²) in [5.74, 6) is -0.194. The number of hydrogen-bond donors (Lipinski definition) is 2. The van der Waals surface area contributed by atoms with Crippen LogP contribution in [0.1, 0.15) is 0 Å². The third kappa shape index (κ3) is 1.23. The van der Waals surface area contributed by atoms with Crippen molar-refractivity contribution in [2.75, 3.05) is 0 Å². The number of nitrogens with one attached hydrogen (secondary N) is 1. The quantitative estimate of drug-likeness (QED) is 0.570. The van der Waals surface area contributed by atoms with Gasteiger partial charge in [0.15, 0.2) is 0 Å². The zero-order chi connectivity index (χ0) is 6.85. The first-order valence-corrected chi connectivity index (χ1v) is 2.65. The van der Waals surface area contributed by atoms with E-state index in [-0.39, 0.29) is 16.3 Å². The molecule has 2 N–H and O–H groups in total. The van der Waals surface area contributed by atoms with E-state index < -0.39 is 0 Å². The number of aromatic hydroxyl groups is 1. The van der Waals surface area contributed by atoms with Crippen molar-refractivity contribution in [3.63, 3.8) is 0 Å². The van der Waals surface area contributed by atoms with Crippen molar-refractivity contribution in [3.8, 4) is 5.75 Å². The fourth-order valence-electron chi connectivity index (χ4n) is 0.443. The van der Waals surface area contributed by atoms with E-state index in [2.05, 4.69) is 4.98 Å². The minimum Gasteiger partial charge on any atom is -0.506 e. The monoisotopic (exact) mass is 148 g/mol. The molecule has 1 aromatic rings. The van der Waals surface area contributed by atoms with Crippen LogP contribution >= 0.6 is 11.6 Å². The summed E-state index contributed by atoms with van der Waals surface area (Å²) in [6.07, 6.45) is 1.24. The van der Waals surface area contributed by atoms with Gasteiger partial charge in [-0.1, -0.05) is 11.6 Å². The van der Waals surface area contributed by atoms with E-state index in [0.717, 1.165) is 6.07 Å². The molecule has 0 atom stereocenters. The first kappa shape index (κ1) is 6.16. The van der Waals surface area contributed by atoms with E-state index in [4.69, 9.17) is 16.7 Å². The fourth-order valence-corrected chi connectivity index (χ4v) is 0.552. The average Bonchev–Trinajstić information content (AvgIpc) is 1.80. The molecule has 4 heteroatoms. The average molecular weight is 149 g/mol. The summed E-state index contributed by atoms with van der Waals surface area (Å²) < 4.78 is 0. The fraction of sp³-hybridized carbons (Fsp3) is 0. The van der Waals surface area contributed by atoms with Gasteiger partial charge >= 0.3 is 0 Å². The van der Waals surface area contributed by atoms with Gasteiger partial charge in [0.2, 0.25) is 0 Å². The predicted molar refractivity (Wildman–Crippen MR) is 33.7 cm³/mol. The van der Waals surface area contributed by atoms with Crippen molar-refractivity contribution in [3.05, 3.63) is 27.6 Å². The Morgan fingerprint density at radius 2 is 2.33 bits per heavy atom. The van der Waals surface area contributed by atoms with Crippen LogP contribution in [0, 0.1) is 0 Å². The molecule has 0 saturated carbocycles. The molecule has 3 nitrogen and oxygen atoms in total. The number of pyridine rings is 1. The van der Waals surface area contributed by atoms with Crippen LogP contribution in [0.5, 0.6) is 5.75 Å². The summed E-state index contributed by atoms with van der Waals surface area (Å²) in [5.41, 5.74) is -0.364. The molecule has 1 heterocycles. The van der Waals surface area contributed by atoms with E-state index in [1.54, 1.807) is 0 Å². The van der Waals surface area contributed by atoms with Crippen LogP contribution in [-0.4, -0.2) is 10.1 Å². The molecule has 0 amide bonds. The number of aromatic amines is 1. The highest BCUT2D eigenvalue weighted by molar-refractivity contribution is 6.31. The largest absolute Gasteiger partial charge is 0.506 e. The van der Waals surface area contributed by atoms with Gasteiger partial charge < -0.3 is 10.1 Å². The second-order valence-corrected chi connectivity index (χ2v) is 1.94. The van der Waals surface area contributed by atoms with Crippen LogP contribution in [0.4, 0.5) is 0 Å². The van der Waals surface area contributed by atoms with E-state index in [9.17, 15) is 4.79 Å². The Kier molecular flexibility index (Phi) is 1.44. The third-order valence-corrected chi connectivity index (χ3v) is 1.16. The lowest BCUT2D eigenvalue weighted by Crippen LogP contribution is -2.00. The topological polar surface area (TPSA) is 53.1 Å². The van der Waals surface area contributed by atoms with Crippen molar-refractivity contribution in [1.82, 2.24) is 4.98 Å². The Labute approximate surface area is 55.9 Å². The number of aromatic nitrogens is 1. The smallest absolute Gasteiger partial charge is 0.251 e. The van der Waals surface area contributed by atoms with E-state index in [0.29, 0.717) is 0 Å². The maximum atomic E-state index is 10.4. The summed E-state index contributed by atoms with van der Waals surface area (Å²) in [7, 11) is 0. The van der Waals surface area contributed by atoms with Crippen LogP contribution in [0.2, 0.25) is 5.02 Å². The van der Waals surface area contributed by atoms with Crippen molar-refractivity contribution >= 4 is 11.6 Å². The summed E-state index contributed by atoms with van der Waals surface area (Å²) in [4.78, 5) is 12.7. The molecule has 0 unspecified atom stereocenters. The molecule has 0 saturated heterocycles. The molecule has 48 valence electrons. The van der Waals surface area contributed by atoms with E-state index >= 15 is 0 Å². The molecule has 0 fully saturated rings. The second kappa shape index (κ2) is 2.11. The molecule has 0 spiro atoms. The van der Waals surface area contributed by atoms with Crippen molar-refractivity contribution in [2.24, 2.45) is 0 Å². The molecule has 0 aliphatic carbocycles. The van der Waals surface area contributed by atoms with Gasteiger partial charge in [0.25, 0.3) is 5.56 Å². The maximum Gasteiger partial charge on any atom is 0.251 e. The van der Waals surface area contributed by atoms with Crippen LogP contribution < -0.4 is 5.56 Å². The molecule has 0 bridgehead atoms. The molecule has 9 heavy (non-hydrogen) atoms. The Morgan fingerprint density at radius 1 is 1.67 bits per heavy atom. The molecule has 1 rings (SSSR count). The van der Waals surface area contributed by atoms with Gasteiger partial charge in [-0.3, -0.25) is 4.79 Å². The first-order valence-electron chi connectivity index (χ1n) is 2.27. The van der Waals surface area contributed by atoms with Gasteiger partial charge in [-0.05, 0) is 0 Å². The van der Waals surface area contributed by atoms with Crippen LogP contribution in [0.25, 0.3) is 0 Å². The Balaban J connectivity index is 3.34. The Morgan fingerprint density at radius 3 is 2.78 bits per heavy atom. The highest BCUT2D eigenvalue weighted by Crippen LogP contribution is 2.17. The van der Waals surface area contributed by atoms with Gasteiger partial charge in [0.05, 0.1) is 5.02 Å². The van der Waals surface area contributed by atoms with E-state index in [1.165, 1.54) is 6.20 Å². The highest BCUT2D eigenvalue weighted by Gasteiger charge is 1.94. The van der Waals surface area contributed by atoms with E-state index in [1.807, 2.05) is 0 Å². The Bertz CT molecular complexity index is 268. The van der Waals surface area contributed by atoms with Crippen LogP contribution in [0.15, 0.2) is 17.1 Å². The maximum absolute atomic E-state index is 10.4. The van der Waals surface area contributed by atoms with Gasteiger partial charge in [-0.15, -0.1) is 0 Å². The lowest BCUT2D eigenvalue weighted by Gasteiger charge is -1.90. The molecule has 1 aromatic heterocycles. The summed E-state index contributed by atoms with van der Waals surface area (Å²) in [6.45, 7) is 0. The van der Waals surface area contributed by atoms with Crippen molar-refractivity contribution in [2.45, 2.75) is 0 Å². The number of halogens is 1. The number of H-pyrrole nitrogens is 1. The van der Waals surface area contributed by atoms with Gasteiger partial charge in [-0.2, -0.15) is 0 Å². The Hall–Kier alpha value is -0.960. The molecule has 0 radical (unpaired) electrons. The second-order valence-electron chi connectivity index (χ2n) is 1.53. The zero-order valence-corrected chi connectivity index (χ0v) is 5.14. The SMILES string of the molecule is O=c1c[13c](O)[13c](Cl)[13cH][nH]1. The predicted octanol–water partition coefficient (Wildman–Crippen LogP) is 0.734. The summed E-state index contributed by atoms with van der Waals surface area (Å²) in [6, 6.07) is 1.02. The number of hydrogen-bond acceptors (Lipinski definition) is 2. The lowest BCUT2D eigenvalue weighted by molar-refractivity contribution is 0.474. The van der Waals surface area contributed by atoms with Crippen LogP contribution in [0.3, 0.4) is 0 Å². The van der Waals surface area contributed by atoms with Crippen molar-refractivity contribution in [1.29, 1.82) is 0 Å². The normalized spacial score (nSPS) is 9.44. The highest BCUT2D eigenvalue weighted by atomic mass is 35.5. The van der Waals surface area contributed by atoms with Gasteiger partial charge in [0.1, 0.15) is 5.75 Å². The number of rotatable bonds is 0. The third-order valence-electron chi connectivity index (χ3n) is 0.854. The minimum absolute atomic E-state index is 0.148. The zero-order valence-electron chi connectivity index (χ0n) is 4.39. The molecule has 0 aromatic carbocycles. The molecular weight excluding hydrogens is 144 g/mol. The van der Waals surface area contributed by atoms with Crippen LogP contribution in [-0.2, 0) is 0 Å².